The molecule has 156 valence electrons. The van der Waals surface area contributed by atoms with E-state index in [1.807, 2.05) is 0 Å². The molecule has 3 heterocycles. The van der Waals surface area contributed by atoms with E-state index in [0.29, 0.717) is 12.5 Å². The second kappa shape index (κ2) is 11.1. The fourth-order valence-corrected chi connectivity index (χ4v) is 4.68. The Bertz CT molecular complexity index is 748. The zero-order chi connectivity index (χ0) is 20.5. The van der Waals surface area contributed by atoms with E-state index >= 15 is 0 Å². The third-order valence-electron chi connectivity index (χ3n) is 5.55. The molecular weight excluding hydrogens is 386 g/mol. The molecule has 1 aromatic carbocycles. The molecule has 0 radical (unpaired) electrons. The Morgan fingerprint density at radius 3 is 2.38 bits per heavy atom. The molecule has 2 aromatic rings. The monoisotopic (exact) mass is 415 g/mol. The lowest BCUT2D eigenvalue weighted by molar-refractivity contribution is -0.123. The van der Waals surface area contributed by atoms with Crippen LogP contribution in [0.15, 0.2) is 41.1 Å². The maximum Gasteiger partial charge on any atom is 0.290 e. The van der Waals surface area contributed by atoms with Crippen LogP contribution in [0.1, 0.15) is 29.5 Å². The van der Waals surface area contributed by atoms with Crippen molar-refractivity contribution in [1.29, 1.82) is 0 Å². The van der Waals surface area contributed by atoms with Gasteiger partial charge in [0.2, 0.25) is 5.91 Å². The van der Waals surface area contributed by atoms with Gasteiger partial charge in [0.1, 0.15) is 0 Å². The van der Waals surface area contributed by atoms with Gasteiger partial charge < -0.3 is 10.4 Å². The van der Waals surface area contributed by atoms with Crippen molar-refractivity contribution < 1.29 is 14.7 Å². The molecule has 1 fully saturated rings. The van der Waals surface area contributed by atoms with E-state index in [4.69, 9.17) is 9.90 Å². The Balaban J connectivity index is 0.000000755. The molecule has 0 spiro atoms. The van der Waals surface area contributed by atoms with Crippen molar-refractivity contribution in [3.8, 4) is 0 Å². The van der Waals surface area contributed by atoms with Crippen LogP contribution in [0.2, 0.25) is 0 Å². The maximum absolute atomic E-state index is 12.3. The molecule has 0 bridgehead atoms. The van der Waals surface area contributed by atoms with Crippen molar-refractivity contribution in [1.82, 2.24) is 15.1 Å². The number of carbonyl (C=O) groups excluding carboxylic acids is 1. The summed E-state index contributed by atoms with van der Waals surface area (Å²) in [5.74, 6) is 0.784. The summed E-state index contributed by atoms with van der Waals surface area (Å²) in [4.78, 5) is 25.4. The molecule has 0 saturated carbocycles. The number of carbonyl (C=O) groups is 2. The number of thiophene rings is 1. The number of fused-ring (bicyclic) bond motifs is 1. The molecule has 1 saturated heterocycles. The SMILES string of the molecule is O=C(CN1Cc2ccccc2C1)NCC1CCN(Cc2ccsc2)CC1.O=CO. The molecule has 2 aliphatic heterocycles. The van der Waals surface area contributed by atoms with E-state index in [0.717, 1.165) is 39.3 Å². The van der Waals surface area contributed by atoms with Gasteiger partial charge in [-0.25, -0.2) is 0 Å². The van der Waals surface area contributed by atoms with Gasteiger partial charge in [0.15, 0.2) is 0 Å². The van der Waals surface area contributed by atoms with Crippen molar-refractivity contribution >= 4 is 23.7 Å². The Labute approximate surface area is 176 Å². The maximum atomic E-state index is 12.3. The van der Waals surface area contributed by atoms with Crippen LogP contribution in [0.3, 0.4) is 0 Å². The third-order valence-corrected chi connectivity index (χ3v) is 6.29. The second-order valence-corrected chi connectivity index (χ2v) is 8.45. The van der Waals surface area contributed by atoms with E-state index in [-0.39, 0.29) is 12.4 Å². The minimum atomic E-state index is -0.250. The second-order valence-electron chi connectivity index (χ2n) is 7.67. The topological polar surface area (TPSA) is 72.9 Å². The lowest BCUT2D eigenvalue weighted by atomic mass is 9.96. The van der Waals surface area contributed by atoms with Crippen LogP contribution in [0.5, 0.6) is 0 Å². The Morgan fingerprint density at radius 1 is 1.14 bits per heavy atom. The van der Waals surface area contributed by atoms with E-state index in [2.05, 4.69) is 56.2 Å². The van der Waals surface area contributed by atoms with Crippen molar-refractivity contribution in [2.24, 2.45) is 5.92 Å². The smallest absolute Gasteiger partial charge is 0.290 e. The molecule has 1 aromatic heterocycles. The molecule has 2 N–H and O–H groups in total. The van der Waals surface area contributed by atoms with E-state index in [9.17, 15) is 4.79 Å². The number of amides is 1. The summed E-state index contributed by atoms with van der Waals surface area (Å²) in [6, 6.07) is 10.7. The van der Waals surface area contributed by atoms with Gasteiger partial charge in [-0.1, -0.05) is 24.3 Å². The van der Waals surface area contributed by atoms with Crippen LogP contribution in [0, 0.1) is 5.92 Å². The van der Waals surface area contributed by atoms with Crippen molar-refractivity contribution in [3.05, 3.63) is 57.8 Å². The summed E-state index contributed by atoms with van der Waals surface area (Å²) in [7, 11) is 0. The quantitative estimate of drug-likeness (QED) is 0.710. The Morgan fingerprint density at radius 2 is 1.79 bits per heavy atom. The van der Waals surface area contributed by atoms with Gasteiger partial charge in [0.25, 0.3) is 6.47 Å². The first-order valence-electron chi connectivity index (χ1n) is 10.0. The molecule has 4 rings (SSSR count). The molecular formula is C22H29N3O3S. The average Bonchev–Trinajstić information content (AvgIpc) is 3.37. The lowest BCUT2D eigenvalue weighted by Crippen LogP contribution is -2.40. The van der Waals surface area contributed by atoms with Gasteiger partial charge in [-0.3, -0.25) is 19.4 Å². The first kappa shape index (κ1) is 21.5. The Hall–Kier alpha value is -2.22. The predicted octanol–water partition coefficient (Wildman–Crippen LogP) is 2.79. The zero-order valence-electron chi connectivity index (χ0n) is 16.6. The van der Waals surface area contributed by atoms with Gasteiger partial charge in [0.05, 0.1) is 6.54 Å². The summed E-state index contributed by atoms with van der Waals surface area (Å²) in [6.07, 6.45) is 2.36. The standard InChI is InChI=1S/C21H27N3OS.CH2O2/c25-21(15-24-13-19-3-1-2-4-20(19)14-24)22-11-17-5-8-23(9-6-17)12-18-7-10-26-16-18;2-1-3/h1-4,7,10,16-17H,5-6,8-9,11-15H2,(H,22,25);1H,(H,2,3). The number of benzene rings is 1. The summed E-state index contributed by atoms with van der Waals surface area (Å²) in [6.45, 7) is 6.21. The molecule has 2 aliphatic rings. The van der Waals surface area contributed by atoms with E-state index in [1.165, 1.54) is 29.5 Å². The van der Waals surface area contributed by atoms with Crippen molar-refractivity contribution in [2.45, 2.75) is 32.5 Å². The summed E-state index contributed by atoms with van der Waals surface area (Å²) in [5, 5.41) is 14.4. The number of rotatable bonds is 6. The van der Waals surface area contributed by atoms with Crippen LogP contribution < -0.4 is 5.32 Å². The number of hydrogen-bond acceptors (Lipinski definition) is 5. The van der Waals surface area contributed by atoms with Crippen LogP contribution in [0.4, 0.5) is 0 Å². The number of nitrogens with zero attached hydrogens (tertiary/aromatic N) is 2. The number of piperidine rings is 1. The van der Waals surface area contributed by atoms with Crippen LogP contribution in [-0.2, 0) is 29.2 Å². The average molecular weight is 416 g/mol. The molecule has 0 aliphatic carbocycles. The Kier molecular flexibility index (Phi) is 8.22. The largest absolute Gasteiger partial charge is 0.483 e. The van der Waals surface area contributed by atoms with Gasteiger partial charge in [-0.15, -0.1) is 0 Å². The zero-order valence-corrected chi connectivity index (χ0v) is 17.4. The molecule has 29 heavy (non-hydrogen) atoms. The van der Waals surface area contributed by atoms with Crippen molar-refractivity contribution in [3.63, 3.8) is 0 Å². The fraction of sp³-hybridized carbons (Fsp3) is 0.455. The molecule has 0 atom stereocenters. The molecule has 6 nitrogen and oxygen atoms in total. The summed E-state index contributed by atoms with van der Waals surface area (Å²) >= 11 is 1.77. The lowest BCUT2D eigenvalue weighted by Gasteiger charge is -2.31. The van der Waals surface area contributed by atoms with E-state index < -0.39 is 0 Å². The first-order valence-corrected chi connectivity index (χ1v) is 11.0. The fourth-order valence-electron chi connectivity index (χ4n) is 4.02. The minimum Gasteiger partial charge on any atom is -0.483 e. The number of carboxylic acid groups (broad SMARTS) is 1. The van der Waals surface area contributed by atoms with Crippen LogP contribution in [-0.4, -0.2) is 53.5 Å². The van der Waals surface area contributed by atoms with Gasteiger partial charge >= 0.3 is 0 Å². The minimum absolute atomic E-state index is 0.165. The van der Waals surface area contributed by atoms with Gasteiger partial charge in [-0.05, 0) is 65.4 Å². The predicted molar refractivity (Wildman–Crippen MR) is 115 cm³/mol. The number of hydrogen-bond donors (Lipinski definition) is 2. The first-order chi connectivity index (χ1) is 14.2. The third kappa shape index (κ3) is 6.66. The number of nitrogens with one attached hydrogen (secondary N) is 1. The van der Waals surface area contributed by atoms with E-state index in [1.54, 1.807) is 11.3 Å². The van der Waals surface area contributed by atoms with Gasteiger partial charge in [0, 0.05) is 26.2 Å². The summed E-state index contributed by atoms with van der Waals surface area (Å²) < 4.78 is 0. The molecule has 7 heteroatoms. The highest BCUT2D eigenvalue weighted by molar-refractivity contribution is 7.07. The number of likely N-dealkylation sites (tertiary alicyclic amines) is 1. The highest BCUT2D eigenvalue weighted by Crippen LogP contribution is 2.22. The molecule has 1 amide bonds. The molecule has 0 unspecified atom stereocenters. The highest BCUT2D eigenvalue weighted by Gasteiger charge is 2.22. The van der Waals surface area contributed by atoms with Crippen molar-refractivity contribution in [2.75, 3.05) is 26.2 Å². The van der Waals surface area contributed by atoms with Gasteiger partial charge in [-0.2, -0.15) is 11.3 Å². The highest BCUT2D eigenvalue weighted by atomic mass is 32.1. The van der Waals surface area contributed by atoms with Crippen LogP contribution in [0.25, 0.3) is 0 Å². The normalized spacial score (nSPS) is 17.2. The van der Waals surface area contributed by atoms with Crippen LogP contribution >= 0.6 is 11.3 Å². The summed E-state index contributed by atoms with van der Waals surface area (Å²) in [5.41, 5.74) is 4.14.